The average Bonchev–Trinajstić information content (AvgIpc) is 2.57. The summed E-state index contributed by atoms with van der Waals surface area (Å²) in [4.78, 5) is 16.1. The van der Waals surface area contributed by atoms with E-state index in [1.807, 2.05) is 6.92 Å². The first-order chi connectivity index (χ1) is 8.10. The molecule has 8 nitrogen and oxygen atoms in total. The van der Waals surface area contributed by atoms with Crippen LogP contribution in [-0.4, -0.2) is 36.3 Å². The highest BCUT2D eigenvalue weighted by Gasteiger charge is 2.11. The molecule has 0 amide bonds. The first-order valence-corrected chi connectivity index (χ1v) is 5.15. The van der Waals surface area contributed by atoms with Gasteiger partial charge in [0.25, 0.3) is 5.95 Å². The van der Waals surface area contributed by atoms with Gasteiger partial charge in [0, 0.05) is 0 Å². The molecule has 2 heterocycles. The van der Waals surface area contributed by atoms with Gasteiger partial charge in [0.05, 0.1) is 6.61 Å². The minimum atomic E-state index is 0.0889. The van der Waals surface area contributed by atoms with Crippen LogP contribution in [0.3, 0.4) is 0 Å². The van der Waals surface area contributed by atoms with E-state index in [1.165, 1.54) is 4.68 Å². The number of anilines is 1. The van der Waals surface area contributed by atoms with Crippen LogP contribution in [0, 0.1) is 13.8 Å². The number of nitrogens with zero attached hydrogens (tertiary/aromatic N) is 6. The van der Waals surface area contributed by atoms with Gasteiger partial charge >= 0.3 is 6.01 Å². The van der Waals surface area contributed by atoms with Crippen molar-refractivity contribution in [3.05, 3.63) is 11.6 Å². The van der Waals surface area contributed by atoms with E-state index in [-0.39, 0.29) is 12.0 Å². The zero-order chi connectivity index (χ0) is 12.4. The van der Waals surface area contributed by atoms with E-state index >= 15 is 0 Å². The van der Waals surface area contributed by atoms with Gasteiger partial charge in [-0.05, 0) is 20.8 Å². The van der Waals surface area contributed by atoms with Gasteiger partial charge in [0.2, 0.25) is 5.95 Å². The maximum absolute atomic E-state index is 5.58. The molecule has 0 aliphatic rings. The molecule has 0 fully saturated rings. The lowest BCUT2D eigenvalue weighted by molar-refractivity contribution is 0.311. The molecule has 0 aliphatic heterocycles. The fraction of sp³-hybridized carbons (Fsp3) is 0.444. The SMILES string of the molecule is CCOc1nc(N)nc(-n2nc(C)nc2C)n1. The molecule has 8 heteroatoms. The highest BCUT2D eigenvalue weighted by Crippen LogP contribution is 2.10. The van der Waals surface area contributed by atoms with Crippen molar-refractivity contribution in [3.63, 3.8) is 0 Å². The van der Waals surface area contributed by atoms with Crippen molar-refractivity contribution >= 4 is 5.95 Å². The Morgan fingerprint density at radius 1 is 1.18 bits per heavy atom. The van der Waals surface area contributed by atoms with Crippen LogP contribution in [0.5, 0.6) is 6.01 Å². The van der Waals surface area contributed by atoms with Crippen LogP contribution >= 0.6 is 0 Å². The van der Waals surface area contributed by atoms with Gasteiger partial charge in [-0.2, -0.15) is 19.6 Å². The van der Waals surface area contributed by atoms with Gasteiger partial charge in [-0.1, -0.05) is 0 Å². The smallest absolute Gasteiger partial charge is 0.323 e. The third-order valence-electron chi connectivity index (χ3n) is 1.96. The monoisotopic (exact) mass is 235 g/mol. The summed E-state index contributed by atoms with van der Waals surface area (Å²) >= 11 is 0. The lowest BCUT2D eigenvalue weighted by Crippen LogP contribution is -2.11. The predicted molar refractivity (Wildman–Crippen MR) is 59.8 cm³/mol. The van der Waals surface area contributed by atoms with Crippen molar-refractivity contribution in [1.82, 2.24) is 29.7 Å². The minimum Gasteiger partial charge on any atom is -0.464 e. The first-order valence-electron chi connectivity index (χ1n) is 5.15. The normalized spacial score (nSPS) is 10.5. The second kappa shape index (κ2) is 4.32. The van der Waals surface area contributed by atoms with Crippen molar-refractivity contribution < 1.29 is 4.74 Å². The molecule has 2 aromatic rings. The molecule has 0 unspecified atom stereocenters. The van der Waals surface area contributed by atoms with Gasteiger partial charge in [-0.15, -0.1) is 5.10 Å². The van der Waals surface area contributed by atoms with Gasteiger partial charge in [-0.3, -0.25) is 0 Å². The molecule has 0 saturated carbocycles. The van der Waals surface area contributed by atoms with Crippen LogP contribution in [0.4, 0.5) is 5.95 Å². The van der Waals surface area contributed by atoms with Crippen LogP contribution < -0.4 is 10.5 Å². The molecule has 0 saturated heterocycles. The molecule has 0 spiro atoms. The number of rotatable bonds is 3. The Kier molecular flexibility index (Phi) is 2.86. The van der Waals surface area contributed by atoms with Gasteiger partial charge in [0.15, 0.2) is 0 Å². The van der Waals surface area contributed by atoms with Crippen molar-refractivity contribution in [1.29, 1.82) is 0 Å². The molecule has 0 aliphatic carbocycles. The van der Waals surface area contributed by atoms with E-state index in [0.717, 1.165) is 0 Å². The summed E-state index contributed by atoms with van der Waals surface area (Å²) in [5.74, 6) is 1.71. The lowest BCUT2D eigenvalue weighted by atomic mass is 10.7. The summed E-state index contributed by atoms with van der Waals surface area (Å²) in [5, 5.41) is 4.16. The first kappa shape index (κ1) is 11.2. The third kappa shape index (κ3) is 2.30. The molecule has 0 aromatic carbocycles. The molecule has 0 bridgehead atoms. The highest BCUT2D eigenvalue weighted by molar-refractivity contribution is 5.25. The number of ether oxygens (including phenoxy) is 1. The molecule has 0 radical (unpaired) electrons. The molecule has 90 valence electrons. The fourth-order valence-electron chi connectivity index (χ4n) is 1.36. The minimum absolute atomic E-state index is 0.0889. The summed E-state index contributed by atoms with van der Waals surface area (Å²) < 4.78 is 6.69. The maximum Gasteiger partial charge on any atom is 0.323 e. The van der Waals surface area contributed by atoms with Crippen molar-refractivity contribution in [2.24, 2.45) is 0 Å². The lowest BCUT2D eigenvalue weighted by Gasteiger charge is -2.05. The molecular weight excluding hydrogens is 222 g/mol. The Balaban J connectivity index is 2.48. The van der Waals surface area contributed by atoms with E-state index in [2.05, 4.69) is 25.0 Å². The highest BCUT2D eigenvalue weighted by atomic mass is 16.5. The molecule has 17 heavy (non-hydrogen) atoms. The number of aromatic nitrogens is 6. The Hall–Kier alpha value is -2.25. The zero-order valence-corrected chi connectivity index (χ0v) is 9.88. The standard InChI is InChI=1S/C9H13N7O/c1-4-17-9-13-7(10)12-8(14-9)16-6(3)11-5(2)15-16/h4H2,1-3H3,(H2,10,12,13,14). The predicted octanol–water partition coefficient (Wildman–Crippen LogP) is 0.0500. The van der Waals surface area contributed by atoms with E-state index in [9.17, 15) is 0 Å². The Labute approximate surface area is 97.9 Å². The largest absolute Gasteiger partial charge is 0.464 e. The number of nitrogens with two attached hydrogens (primary N) is 1. The van der Waals surface area contributed by atoms with E-state index in [4.69, 9.17) is 10.5 Å². The van der Waals surface area contributed by atoms with Crippen LogP contribution in [0.1, 0.15) is 18.6 Å². The second-order valence-electron chi connectivity index (χ2n) is 3.33. The van der Waals surface area contributed by atoms with Gasteiger partial charge in [0.1, 0.15) is 11.6 Å². The Morgan fingerprint density at radius 2 is 1.94 bits per heavy atom. The van der Waals surface area contributed by atoms with Gasteiger partial charge < -0.3 is 10.5 Å². The van der Waals surface area contributed by atoms with Crippen molar-refractivity contribution in [3.8, 4) is 12.0 Å². The zero-order valence-electron chi connectivity index (χ0n) is 9.88. The van der Waals surface area contributed by atoms with Crippen molar-refractivity contribution in [2.75, 3.05) is 12.3 Å². The summed E-state index contributed by atoms with van der Waals surface area (Å²) in [6.07, 6.45) is 0. The number of hydrogen-bond donors (Lipinski definition) is 1. The topological polar surface area (TPSA) is 105 Å². The second-order valence-corrected chi connectivity index (χ2v) is 3.33. The Bertz CT molecular complexity index is 536. The molecule has 2 N–H and O–H groups in total. The fourth-order valence-corrected chi connectivity index (χ4v) is 1.36. The third-order valence-corrected chi connectivity index (χ3v) is 1.96. The van der Waals surface area contributed by atoms with Crippen LogP contribution in [0.15, 0.2) is 0 Å². The van der Waals surface area contributed by atoms with E-state index in [1.54, 1.807) is 13.8 Å². The molecule has 0 atom stereocenters. The number of hydrogen-bond acceptors (Lipinski definition) is 7. The van der Waals surface area contributed by atoms with Crippen molar-refractivity contribution in [2.45, 2.75) is 20.8 Å². The number of aryl methyl sites for hydroxylation is 2. The van der Waals surface area contributed by atoms with Crippen LogP contribution in [0.25, 0.3) is 5.95 Å². The maximum atomic E-state index is 5.58. The van der Waals surface area contributed by atoms with Crippen LogP contribution in [0.2, 0.25) is 0 Å². The molecule has 2 rings (SSSR count). The van der Waals surface area contributed by atoms with Crippen LogP contribution in [-0.2, 0) is 0 Å². The molecular formula is C9H13N7O. The van der Waals surface area contributed by atoms with E-state index < -0.39 is 0 Å². The summed E-state index contributed by atoms with van der Waals surface area (Å²) in [6.45, 7) is 5.89. The summed E-state index contributed by atoms with van der Waals surface area (Å²) in [7, 11) is 0. The summed E-state index contributed by atoms with van der Waals surface area (Å²) in [5.41, 5.74) is 5.58. The quantitative estimate of drug-likeness (QED) is 0.801. The number of nitrogen functional groups attached to an aromatic ring is 1. The average molecular weight is 235 g/mol. The molecule has 2 aromatic heterocycles. The van der Waals surface area contributed by atoms with E-state index in [0.29, 0.717) is 24.2 Å². The van der Waals surface area contributed by atoms with Gasteiger partial charge in [-0.25, -0.2) is 4.98 Å². The summed E-state index contributed by atoms with van der Waals surface area (Å²) in [6, 6.07) is 0.183. The Morgan fingerprint density at radius 3 is 2.53 bits per heavy atom.